The van der Waals surface area contributed by atoms with Crippen molar-refractivity contribution >= 4 is 15.9 Å². The number of hydrogen-bond acceptors (Lipinski definition) is 2. The van der Waals surface area contributed by atoms with Gasteiger partial charge in [-0.1, -0.05) is 34.1 Å². The molecule has 0 saturated heterocycles. The molecule has 1 atom stereocenters. The summed E-state index contributed by atoms with van der Waals surface area (Å²) in [6.07, 6.45) is 0.639. The minimum atomic E-state index is -0.211. The molecule has 20 heavy (non-hydrogen) atoms. The van der Waals surface area contributed by atoms with Crippen molar-refractivity contribution in [3.63, 3.8) is 0 Å². The van der Waals surface area contributed by atoms with Gasteiger partial charge < -0.3 is 10.5 Å². The zero-order chi connectivity index (χ0) is 14.5. The number of rotatable bonds is 5. The monoisotopic (exact) mass is 337 g/mol. The van der Waals surface area contributed by atoms with Gasteiger partial charge in [0.25, 0.3) is 0 Å². The fourth-order valence-electron chi connectivity index (χ4n) is 2.30. The van der Waals surface area contributed by atoms with E-state index in [1.807, 2.05) is 24.3 Å². The lowest BCUT2D eigenvalue weighted by Gasteiger charge is -2.18. The van der Waals surface area contributed by atoms with E-state index in [1.54, 1.807) is 19.2 Å². The van der Waals surface area contributed by atoms with Gasteiger partial charge in [0.15, 0.2) is 0 Å². The van der Waals surface area contributed by atoms with Gasteiger partial charge in [0.05, 0.1) is 7.11 Å². The van der Waals surface area contributed by atoms with Crippen molar-refractivity contribution in [1.82, 2.24) is 0 Å². The van der Waals surface area contributed by atoms with E-state index in [4.69, 9.17) is 10.5 Å². The van der Waals surface area contributed by atoms with E-state index in [2.05, 4.69) is 15.9 Å². The van der Waals surface area contributed by atoms with Crippen molar-refractivity contribution in [1.29, 1.82) is 0 Å². The van der Waals surface area contributed by atoms with Crippen molar-refractivity contribution in [2.45, 2.75) is 12.3 Å². The molecule has 106 valence electrons. The maximum absolute atomic E-state index is 13.9. The summed E-state index contributed by atoms with van der Waals surface area (Å²) in [5.74, 6) is 0.513. The molecule has 0 fully saturated rings. The molecular formula is C16H17BrFNO. The first kappa shape index (κ1) is 15.0. The molecule has 0 saturated carbocycles. The van der Waals surface area contributed by atoms with Gasteiger partial charge in [-0.3, -0.25) is 0 Å². The number of hydrogen-bond donors (Lipinski definition) is 1. The Morgan fingerprint density at radius 3 is 2.65 bits per heavy atom. The molecule has 0 aliphatic carbocycles. The van der Waals surface area contributed by atoms with Crippen LogP contribution in [-0.4, -0.2) is 13.7 Å². The van der Waals surface area contributed by atoms with Crippen molar-refractivity contribution in [2.24, 2.45) is 5.73 Å². The Morgan fingerprint density at radius 1 is 1.25 bits per heavy atom. The van der Waals surface area contributed by atoms with Gasteiger partial charge in [-0.15, -0.1) is 0 Å². The fraction of sp³-hybridized carbons (Fsp3) is 0.250. The number of halogens is 2. The predicted octanol–water partition coefficient (Wildman–Crippen LogP) is 3.88. The van der Waals surface area contributed by atoms with Crippen LogP contribution in [0.3, 0.4) is 0 Å². The third-order valence-electron chi connectivity index (χ3n) is 3.34. The van der Waals surface area contributed by atoms with Crippen LogP contribution < -0.4 is 10.5 Å². The minimum absolute atomic E-state index is 0.0700. The first-order chi connectivity index (χ1) is 9.65. The normalized spacial score (nSPS) is 12.2. The Labute approximate surface area is 126 Å². The summed E-state index contributed by atoms with van der Waals surface area (Å²) in [6.45, 7) is 0.386. The highest BCUT2D eigenvalue weighted by Gasteiger charge is 2.17. The highest BCUT2D eigenvalue weighted by atomic mass is 79.9. The molecule has 0 amide bonds. The third kappa shape index (κ3) is 3.38. The second-order valence-corrected chi connectivity index (χ2v) is 5.53. The zero-order valence-electron chi connectivity index (χ0n) is 11.3. The van der Waals surface area contributed by atoms with Crippen molar-refractivity contribution in [2.75, 3.05) is 13.7 Å². The van der Waals surface area contributed by atoms with Crippen LogP contribution in [0.25, 0.3) is 0 Å². The molecule has 0 aromatic heterocycles. The van der Waals surface area contributed by atoms with E-state index >= 15 is 0 Å². The average Bonchev–Trinajstić information content (AvgIpc) is 2.46. The molecule has 2 N–H and O–H groups in total. The highest BCUT2D eigenvalue weighted by Crippen LogP contribution is 2.29. The van der Waals surface area contributed by atoms with Crippen LogP contribution in [0.4, 0.5) is 4.39 Å². The van der Waals surface area contributed by atoms with Crippen molar-refractivity contribution in [3.05, 3.63) is 63.9 Å². The molecule has 0 radical (unpaired) electrons. The van der Waals surface area contributed by atoms with Gasteiger partial charge >= 0.3 is 0 Å². The summed E-state index contributed by atoms with van der Waals surface area (Å²) in [4.78, 5) is 0. The van der Waals surface area contributed by atoms with Gasteiger partial charge in [-0.25, -0.2) is 4.39 Å². The average molecular weight is 338 g/mol. The lowest BCUT2D eigenvalue weighted by Crippen LogP contribution is -2.16. The minimum Gasteiger partial charge on any atom is -0.496 e. The predicted molar refractivity (Wildman–Crippen MR) is 82.6 cm³/mol. The van der Waals surface area contributed by atoms with Gasteiger partial charge in [0.2, 0.25) is 0 Å². The Balaban J connectivity index is 2.31. The Kier molecular flexibility index (Phi) is 5.15. The van der Waals surface area contributed by atoms with Crippen molar-refractivity contribution < 1.29 is 9.13 Å². The van der Waals surface area contributed by atoms with E-state index in [1.165, 1.54) is 6.07 Å². The molecule has 0 bridgehead atoms. The summed E-state index contributed by atoms with van der Waals surface area (Å²) in [5.41, 5.74) is 7.50. The summed E-state index contributed by atoms with van der Waals surface area (Å²) in [7, 11) is 1.63. The van der Waals surface area contributed by atoms with E-state index in [0.717, 1.165) is 15.8 Å². The van der Waals surface area contributed by atoms with Crippen LogP contribution in [0.5, 0.6) is 5.75 Å². The Hall–Kier alpha value is -1.39. The van der Waals surface area contributed by atoms with Gasteiger partial charge in [0, 0.05) is 10.4 Å². The van der Waals surface area contributed by atoms with Crippen LogP contribution in [0.1, 0.15) is 17.0 Å². The van der Waals surface area contributed by atoms with Gasteiger partial charge in [0.1, 0.15) is 11.6 Å². The Morgan fingerprint density at radius 2 is 2.00 bits per heavy atom. The summed E-state index contributed by atoms with van der Waals surface area (Å²) in [6, 6.07) is 12.6. The summed E-state index contributed by atoms with van der Waals surface area (Å²) < 4.78 is 20.2. The lowest BCUT2D eigenvalue weighted by atomic mass is 9.91. The van der Waals surface area contributed by atoms with E-state index < -0.39 is 0 Å². The van der Waals surface area contributed by atoms with Crippen LogP contribution in [0.2, 0.25) is 0 Å². The van der Waals surface area contributed by atoms with Crippen molar-refractivity contribution in [3.8, 4) is 5.75 Å². The standard InChI is InChI=1S/C16H17BrFNO/c1-20-16-7-6-13(17)9-11(16)8-12(10-19)14-4-2-3-5-15(14)18/h2-7,9,12H,8,10,19H2,1H3. The van der Waals surface area contributed by atoms with Crippen LogP contribution in [0.15, 0.2) is 46.9 Å². The molecule has 1 unspecified atom stereocenters. The largest absolute Gasteiger partial charge is 0.496 e. The molecule has 2 nitrogen and oxygen atoms in total. The van der Waals surface area contributed by atoms with E-state index in [0.29, 0.717) is 18.5 Å². The molecule has 0 aliphatic heterocycles. The molecule has 4 heteroatoms. The smallest absolute Gasteiger partial charge is 0.126 e. The topological polar surface area (TPSA) is 35.2 Å². The number of methoxy groups -OCH3 is 1. The van der Waals surface area contributed by atoms with Crippen LogP contribution in [-0.2, 0) is 6.42 Å². The first-order valence-electron chi connectivity index (χ1n) is 6.42. The first-order valence-corrected chi connectivity index (χ1v) is 7.22. The molecular weight excluding hydrogens is 321 g/mol. The van der Waals surface area contributed by atoms with Crippen LogP contribution >= 0.6 is 15.9 Å². The van der Waals surface area contributed by atoms with E-state index in [-0.39, 0.29) is 11.7 Å². The Bertz CT molecular complexity index is 588. The SMILES string of the molecule is COc1ccc(Br)cc1CC(CN)c1ccccc1F. The highest BCUT2D eigenvalue weighted by molar-refractivity contribution is 9.10. The number of nitrogens with two attached hydrogens (primary N) is 1. The third-order valence-corrected chi connectivity index (χ3v) is 3.83. The molecule has 2 aromatic rings. The maximum Gasteiger partial charge on any atom is 0.126 e. The molecule has 2 aromatic carbocycles. The van der Waals surface area contributed by atoms with E-state index in [9.17, 15) is 4.39 Å². The number of ether oxygens (including phenoxy) is 1. The lowest BCUT2D eigenvalue weighted by molar-refractivity contribution is 0.407. The second-order valence-electron chi connectivity index (χ2n) is 4.61. The maximum atomic E-state index is 13.9. The second kappa shape index (κ2) is 6.86. The fourth-order valence-corrected chi connectivity index (χ4v) is 2.71. The molecule has 2 rings (SSSR count). The van der Waals surface area contributed by atoms with Gasteiger partial charge in [-0.05, 0) is 48.4 Å². The molecule has 0 heterocycles. The summed E-state index contributed by atoms with van der Waals surface area (Å²) >= 11 is 3.45. The molecule has 0 spiro atoms. The zero-order valence-corrected chi connectivity index (χ0v) is 12.9. The van der Waals surface area contributed by atoms with Crippen LogP contribution in [0, 0.1) is 5.82 Å². The quantitative estimate of drug-likeness (QED) is 0.898. The van der Waals surface area contributed by atoms with Gasteiger partial charge in [-0.2, -0.15) is 0 Å². The number of benzene rings is 2. The summed E-state index contributed by atoms with van der Waals surface area (Å²) in [5, 5.41) is 0. The molecule has 0 aliphatic rings.